The minimum absolute atomic E-state index is 0.0948. The van der Waals surface area contributed by atoms with Crippen molar-refractivity contribution in [2.45, 2.75) is 19.3 Å². The lowest BCUT2D eigenvalue weighted by Gasteiger charge is -2.16. The van der Waals surface area contributed by atoms with E-state index in [-0.39, 0.29) is 50.7 Å². The zero-order valence-electron chi connectivity index (χ0n) is 19.3. The van der Waals surface area contributed by atoms with Gasteiger partial charge in [0.1, 0.15) is 24.4 Å². The number of ether oxygens (including phenoxy) is 3. The fourth-order valence-electron chi connectivity index (χ4n) is 2.32. The molecule has 0 radical (unpaired) electrons. The van der Waals surface area contributed by atoms with Gasteiger partial charge in [-0.1, -0.05) is 31.8 Å². The number of rotatable bonds is 15. The van der Waals surface area contributed by atoms with Crippen LogP contribution in [0.4, 0.5) is 0 Å². The SMILES string of the molecule is CNCCNC(=O)c1cccc(OC[C@@H](OCCOCC(=O)NCC#CC(C)C)SC#N)c1. The molecule has 10 heteroatoms. The third-order valence-electron chi connectivity index (χ3n) is 3.86. The van der Waals surface area contributed by atoms with Crippen molar-refractivity contribution >= 4 is 23.6 Å². The summed E-state index contributed by atoms with van der Waals surface area (Å²) in [5.41, 5.74) is -0.0669. The first-order valence-electron chi connectivity index (χ1n) is 10.6. The summed E-state index contributed by atoms with van der Waals surface area (Å²) in [6.45, 7) is 5.83. The molecule has 0 aliphatic heterocycles. The van der Waals surface area contributed by atoms with Crippen molar-refractivity contribution in [3.05, 3.63) is 29.8 Å². The Bertz CT molecular complexity index is 832. The van der Waals surface area contributed by atoms with Crippen molar-refractivity contribution in [2.24, 2.45) is 5.92 Å². The summed E-state index contributed by atoms with van der Waals surface area (Å²) in [6.07, 6.45) is 0. The third-order valence-corrected chi connectivity index (χ3v) is 4.50. The maximum atomic E-state index is 12.1. The Labute approximate surface area is 199 Å². The summed E-state index contributed by atoms with van der Waals surface area (Å²) in [5.74, 6) is 6.13. The van der Waals surface area contributed by atoms with Crippen molar-refractivity contribution in [3.63, 3.8) is 0 Å². The van der Waals surface area contributed by atoms with Gasteiger partial charge in [0.2, 0.25) is 5.91 Å². The first-order valence-corrected chi connectivity index (χ1v) is 11.5. The molecule has 0 saturated carbocycles. The lowest BCUT2D eigenvalue weighted by molar-refractivity contribution is -0.126. The number of carbonyl (C=O) groups excluding carboxylic acids is 2. The van der Waals surface area contributed by atoms with Crippen LogP contribution in [0, 0.1) is 28.4 Å². The fraction of sp³-hybridized carbons (Fsp3) is 0.522. The largest absolute Gasteiger partial charge is 0.490 e. The van der Waals surface area contributed by atoms with E-state index in [2.05, 4.69) is 27.8 Å². The van der Waals surface area contributed by atoms with E-state index in [0.29, 0.717) is 24.4 Å². The van der Waals surface area contributed by atoms with Crippen LogP contribution in [-0.2, 0) is 14.3 Å². The number of benzene rings is 1. The monoisotopic (exact) mass is 476 g/mol. The molecule has 0 aliphatic carbocycles. The first-order chi connectivity index (χ1) is 16.0. The number of nitrogens with zero attached hydrogens (tertiary/aromatic N) is 1. The van der Waals surface area contributed by atoms with Crippen molar-refractivity contribution in [1.29, 1.82) is 5.26 Å². The van der Waals surface area contributed by atoms with Crippen molar-refractivity contribution in [1.82, 2.24) is 16.0 Å². The van der Waals surface area contributed by atoms with E-state index in [9.17, 15) is 9.59 Å². The van der Waals surface area contributed by atoms with Gasteiger partial charge in [-0.05, 0) is 37.0 Å². The average molecular weight is 477 g/mol. The summed E-state index contributed by atoms with van der Waals surface area (Å²) in [6, 6.07) is 6.79. The molecule has 180 valence electrons. The zero-order valence-corrected chi connectivity index (χ0v) is 20.1. The highest BCUT2D eigenvalue weighted by Crippen LogP contribution is 2.17. The number of hydrogen-bond acceptors (Lipinski definition) is 8. The van der Waals surface area contributed by atoms with Crippen LogP contribution in [0.1, 0.15) is 24.2 Å². The standard InChI is InChI=1S/C23H32N4O5S/c1-18(2)6-5-9-26-21(28)15-30-12-13-31-22(33-17-24)16-32-20-8-4-7-19(14-20)23(29)27-11-10-25-3/h4,7-8,14,18,22,25H,9-13,15-16H2,1-3H3,(H,26,28)(H,27,29)/t22-/m0/s1. The highest BCUT2D eigenvalue weighted by molar-refractivity contribution is 8.04. The fourth-order valence-corrected chi connectivity index (χ4v) is 2.74. The minimum atomic E-state index is -0.549. The predicted octanol–water partition coefficient (Wildman–Crippen LogP) is 1.36. The smallest absolute Gasteiger partial charge is 0.251 e. The zero-order chi connectivity index (χ0) is 24.3. The van der Waals surface area contributed by atoms with Crippen LogP contribution < -0.4 is 20.7 Å². The second-order valence-corrected chi connectivity index (χ2v) is 7.96. The van der Waals surface area contributed by atoms with Crippen molar-refractivity contribution < 1.29 is 23.8 Å². The summed E-state index contributed by atoms with van der Waals surface area (Å²) < 4.78 is 16.6. The van der Waals surface area contributed by atoms with Gasteiger partial charge in [0, 0.05) is 24.6 Å². The second-order valence-electron chi connectivity index (χ2n) is 7.01. The van der Waals surface area contributed by atoms with E-state index in [4.69, 9.17) is 19.5 Å². The van der Waals surface area contributed by atoms with Gasteiger partial charge in [0.25, 0.3) is 5.91 Å². The predicted molar refractivity (Wildman–Crippen MR) is 128 cm³/mol. The minimum Gasteiger partial charge on any atom is -0.490 e. The molecule has 0 bridgehead atoms. The molecule has 0 spiro atoms. The molecule has 3 N–H and O–H groups in total. The summed E-state index contributed by atoms with van der Waals surface area (Å²) in [7, 11) is 1.81. The van der Waals surface area contributed by atoms with Crippen LogP contribution in [0.3, 0.4) is 0 Å². The highest BCUT2D eigenvalue weighted by Gasteiger charge is 2.12. The van der Waals surface area contributed by atoms with Crippen LogP contribution >= 0.6 is 11.8 Å². The molecule has 0 saturated heterocycles. The Morgan fingerprint density at radius 1 is 1.18 bits per heavy atom. The Balaban J connectivity index is 2.34. The quantitative estimate of drug-likeness (QED) is 0.150. The molecule has 33 heavy (non-hydrogen) atoms. The van der Waals surface area contributed by atoms with Crippen LogP contribution in [0.5, 0.6) is 5.75 Å². The molecule has 0 aromatic heterocycles. The van der Waals surface area contributed by atoms with Crippen LogP contribution in [-0.4, -0.2) is 70.4 Å². The summed E-state index contributed by atoms with van der Waals surface area (Å²) in [4.78, 5) is 23.8. The molecule has 0 aliphatic rings. The average Bonchev–Trinajstić information content (AvgIpc) is 2.80. The molecule has 1 aromatic rings. The van der Waals surface area contributed by atoms with E-state index in [0.717, 1.165) is 11.8 Å². The molecule has 1 atom stereocenters. The van der Waals surface area contributed by atoms with Gasteiger partial charge in [-0.25, -0.2) is 0 Å². The van der Waals surface area contributed by atoms with Crippen molar-refractivity contribution in [3.8, 4) is 23.0 Å². The molecule has 0 unspecified atom stereocenters. The van der Waals surface area contributed by atoms with Gasteiger partial charge >= 0.3 is 0 Å². The Morgan fingerprint density at radius 3 is 2.73 bits per heavy atom. The van der Waals surface area contributed by atoms with Crippen molar-refractivity contribution in [2.75, 3.05) is 53.1 Å². The Hall–Kier alpha value is -2.76. The molecular formula is C23H32N4O5S. The topological polar surface area (TPSA) is 122 Å². The van der Waals surface area contributed by atoms with E-state index >= 15 is 0 Å². The second kappa shape index (κ2) is 17.8. The van der Waals surface area contributed by atoms with Gasteiger partial charge < -0.3 is 30.2 Å². The summed E-state index contributed by atoms with van der Waals surface area (Å²) in [5, 5.41) is 19.4. The Morgan fingerprint density at radius 2 is 2.00 bits per heavy atom. The number of nitrogens with one attached hydrogen (secondary N) is 3. The molecule has 0 heterocycles. The number of thioether (sulfide) groups is 1. The van der Waals surface area contributed by atoms with E-state index < -0.39 is 5.44 Å². The normalized spacial score (nSPS) is 11.1. The lowest BCUT2D eigenvalue weighted by atomic mass is 10.2. The Kier molecular flexibility index (Phi) is 15.2. The van der Waals surface area contributed by atoms with Gasteiger partial charge in [0.05, 0.1) is 19.8 Å². The number of hydrogen-bond donors (Lipinski definition) is 3. The lowest BCUT2D eigenvalue weighted by Crippen LogP contribution is -2.30. The van der Waals surface area contributed by atoms with Crippen LogP contribution in [0.25, 0.3) is 0 Å². The van der Waals surface area contributed by atoms with E-state index in [1.807, 2.05) is 26.3 Å². The number of thiocyanates is 1. The van der Waals surface area contributed by atoms with Gasteiger partial charge in [-0.2, -0.15) is 5.26 Å². The number of likely N-dealkylation sites (N-methyl/N-ethyl adjacent to an activating group) is 1. The molecule has 1 aromatic carbocycles. The number of nitriles is 1. The molecule has 2 amide bonds. The molecule has 9 nitrogen and oxygen atoms in total. The molecule has 1 rings (SSSR count). The van der Waals surface area contributed by atoms with Gasteiger partial charge in [-0.3, -0.25) is 9.59 Å². The maximum absolute atomic E-state index is 12.1. The van der Waals surface area contributed by atoms with Crippen LogP contribution in [0.15, 0.2) is 24.3 Å². The summed E-state index contributed by atoms with van der Waals surface area (Å²) >= 11 is 0.922. The number of amides is 2. The molecular weight excluding hydrogens is 444 g/mol. The van der Waals surface area contributed by atoms with E-state index in [1.54, 1.807) is 24.3 Å². The van der Waals surface area contributed by atoms with Gasteiger partial charge in [-0.15, -0.1) is 0 Å². The maximum Gasteiger partial charge on any atom is 0.251 e. The molecule has 0 fully saturated rings. The van der Waals surface area contributed by atoms with Gasteiger partial charge in [0.15, 0.2) is 5.44 Å². The third kappa shape index (κ3) is 14.1. The highest BCUT2D eigenvalue weighted by atomic mass is 32.2. The van der Waals surface area contributed by atoms with Crippen LogP contribution in [0.2, 0.25) is 0 Å². The number of carbonyl (C=O) groups is 2. The first kappa shape index (κ1) is 28.3. The van der Waals surface area contributed by atoms with E-state index in [1.165, 1.54) is 0 Å².